The summed E-state index contributed by atoms with van der Waals surface area (Å²) in [5.74, 6) is -2.84. The summed E-state index contributed by atoms with van der Waals surface area (Å²) in [6.07, 6.45) is 0.898. The van der Waals surface area contributed by atoms with Crippen molar-refractivity contribution < 1.29 is 18.3 Å². The van der Waals surface area contributed by atoms with Crippen LogP contribution in [-0.2, 0) is 4.74 Å². The predicted octanol–water partition coefficient (Wildman–Crippen LogP) is 3.50. The highest BCUT2D eigenvalue weighted by Crippen LogP contribution is 2.76. The Morgan fingerprint density at radius 3 is 2.22 bits per heavy atom. The van der Waals surface area contributed by atoms with Gasteiger partial charge >= 0.3 is 6.09 Å². The van der Waals surface area contributed by atoms with Gasteiger partial charge in [0.15, 0.2) is 0 Å². The van der Waals surface area contributed by atoms with Gasteiger partial charge in [0.1, 0.15) is 5.60 Å². The Kier molecular flexibility index (Phi) is 3.11. The Morgan fingerprint density at radius 1 is 1.33 bits per heavy atom. The summed E-state index contributed by atoms with van der Waals surface area (Å²) >= 11 is 2.26. The molecule has 0 heterocycles. The number of carbonyl (C=O) groups is 1. The van der Waals surface area contributed by atoms with Crippen LogP contribution in [0.3, 0.4) is 0 Å². The molecule has 3 fully saturated rings. The minimum atomic E-state index is -2.84. The maximum atomic E-state index is 14.0. The summed E-state index contributed by atoms with van der Waals surface area (Å²) in [7, 11) is 0. The van der Waals surface area contributed by atoms with Gasteiger partial charge in [-0.25, -0.2) is 13.6 Å². The molecule has 0 aromatic carbocycles. The van der Waals surface area contributed by atoms with E-state index >= 15 is 0 Å². The fraction of sp³-hybridized carbons (Fsp3) is 0.917. The van der Waals surface area contributed by atoms with Crippen LogP contribution in [0.15, 0.2) is 0 Å². The molecule has 104 valence electrons. The standard InChI is InChI=1S/C12H18F2INO2/c1-9(2,3)18-8(17)16-7-12(13,14)10-4-11(15,5-10)6-10/h4-7H2,1-3H3,(H,16,17). The van der Waals surface area contributed by atoms with Crippen molar-refractivity contribution in [1.29, 1.82) is 0 Å². The van der Waals surface area contributed by atoms with E-state index in [1.807, 2.05) is 0 Å². The molecule has 3 nitrogen and oxygen atoms in total. The largest absolute Gasteiger partial charge is 0.444 e. The normalized spacial score (nSPS) is 34.3. The van der Waals surface area contributed by atoms with Crippen molar-refractivity contribution in [2.75, 3.05) is 6.54 Å². The lowest BCUT2D eigenvalue weighted by Gasteiger charge is -2.70. The lowest BCUT2D eigenvalue weighted by molar-refractivity contribution is -0.238. The topological polar surface area (TPSA) is 38.3 Å². The third kappa shape index (κ3) is 2.44. The highest BCUT2D eigenvalue weighted by Gasteiger charge is 2.76. The lowest BCUT2D eigenvalue weighted by Crippen LogP contribution is -2.72. The van der Waals surface area contributed by atoms with E-state index in [1.54, 1.807) is 20.8 Å². The number of halogens is 3. The molecule has 0 aliphatic heterocycles. The van der Waals surface area contributed by atoms with E-state index in [0.717, 1.165) is 0 Å². The summed E-state index contributed by atoms with van der Waals surface area (Å²) in [5, 5.41) is 2.18. The first-order chi connectivity index (χ1) is 7.97. The third-order valence-corrected chi connectivity index (χ3v) is 4.74. The van der Waals surface area contributed by atoms with Crippen molar-refractivity contribution in [1.82, 2.24) is 5.32 Å². The second-order valence-electron chi connectivity index (χ2n) is 6.52. The Balaban J connectivity index is 1.81. The molecule has 0 aromatic rings. The maximum Gasteiger partial charge on any atom is 0.407 e. The Labute approximate surface area is 119 Å². The SMILES string of the molecule is CC(C)(C)OC(=O)NCC(F)(F)C12CC(I)(C1)C2. The number of hydrogen-bond acceptors (Lipinski definition) is 2. The summed E-state index contributed by atoms with van der Waals surface area (Å²) in [6.45, 7) is 4.47. The number of alkyl carbamates (subject to hydrolysis) is 1. The van der Waals surface area contributed by atoms with Crippen LogP contribution in [0.4, 0.5) is 13.6 Å². The monoisotopic (exact) mass is 373 g/mol. The van der Waals surface area contributed by atoms with Crippen molar-refractivity contribution >= 4 is 28.7 Å². The molecule has 1 amide bonds. The lowest BCUT2D eigenvalue weighted by atomic mass is 9.42. The van der Waals surface area contributed by atoms with Gasteiger partial charge in [0.25, 0.3) is 5.92 Å². The zero-order valence-corrected chi connectivity index (χ0v) is 12.9. The van der Waals surface area contributed by atoms with E-state index in [9.17, 15) is 13.6 Å². The van der Waals surface area contributed by atoms with Crippen LogP contribution in [0, 0.1) is 5.41 Å². The van der Waals surface area contributed by atoms with Gasteiger partial charge in [-0.1, -0.05) is 22.6 Å². The minimum absolute atomic E-state index is 0.104. The van der Waals surface area contributed by atoms with Gasteiger partial charge in [0.2, 0.25) is 0 Å². The molecule has 3 aliphatic rings. The smallest absolute Gasteiger partial charge is 0.407 e. The molecule has 3 saturated carbocycles. The van der Waals surface area contributed by atoms with Crippen molar-refractivity contribution in [3.63, 3.8) is 0 Å². The molecule has 3 aliphatic carbocycles. The number of amides is 1. The molecular weight excluding hydrogens is 355 g/mol. The second-order valence-corrected chi connectivity index (χ2v) is 8.81. The quantitative estimate of drug-likeness (QED) is 0.608. The number of nitrogens with one attached hydrogen (secondary N) is 1. The molecule has 2 bridgehead atoms. The molecule has 0 radical (unpaired) electrons. The van der Waals surface area contributed by atoms with E-state index in [4.69, 9.17) is 4.74 Å². The first-order valence-electron chi connectivity index (χ1n) is 6.01. The van der Waals surface area contributed by atoms with Crippen molar-refractivity contribution in [3.8, 4) is 0 Å². The minimum Gasteiger partial charge on any atom is -0.444 e. The van der Waals surface area contributed by atoms with E-state index in [2.05, 4.69) is 27.9 Å². The van der Waals surface area contributed by atoms with Gasteiger partial charge in [-0.3, -0.25) is 0 Å². The number of hydrogen-bond donors (Lipinski definition) is 1. The number of rotatable bonds is 3. The average molecular weight is 373 g/mol. The van der Waals surface area contributed by atoms with E-state index in [1.165, 1.54) is 0 Å². The van der Waals surface area contributed by atoms with Crippen LogP contribution < -0.4 is 5.32 Å². The zero-order chi connectivity index (χ0) is 13.8. The van der Waals surface area contributed by atoms with Crippen molar-refractivity contribution in [2.24, 2.45) is 5.41 Å². The fourth-order valence-corrected chi connectivity index (χ4v) is 4.93. The molecule has 1 N–H and O–H groups in total. The second kappa shape index (κ2) is 3.93. The van der Waals surface area contributed by atoms with Crippen LogP contribution >= 0.6 is 22.6 Å². The summed E-state index contributed by atoms with van der Waals surface area (Å²) < 4.78 is 33.0. The number of ether oxygens (including phenoxy) is 1. The zero-order valence-electron chi connectivity index (χ0n) is 10.8. The van der Waals surface area contributed by atoms with Gasteiger partial charge < -0.3 is 10.1 Å². The van der Waals surface area contributed by atoms with Crippen LogP contribution in [-0.4, -0.2) is 27.6 Å². The molecule has 0 unspecified atom stereocenters. The molecule has 6 heteroatoms. The molecule has 0 atom stereocenters. The van der Waals surface area contributed by atoms with Crippen molar-refractivity contribution in [2.45, 2.75) is 55.0 Å². The fourth-order valence-electron chi connectivity index (χ4n) is 2.74. The molecule has 3 rings (SSSR count). The number of alkyl halides is 3. The van der Waals surface area contributed by atoms with Crippen LogP contribution in [0.1, 0.15) is 40.0 Å². The van der Waals surface area contributed by atoms with Crippen LogP contribution in [0.25, 0.3) is 0 Å². The Morgan fingerprint density at radius 2 is 1.83 bits per heavy atom. The van der Waals surface area contributed by atoms with Crippen LogP contribution in [0.2, 0.25) is 0 Å². The van der Waals surface area contributed by atoms with Gasteiger partial charge in [-0.05, 0) is 40.0 Å². The van der Waals surface area contributed by atoms with Gasteiger partial charge in [0, 0.05) is 8.84 Å². The van der Waals surface area contributed by atoms with Gasteiger partial charge in [-0.2, -0.15) is 0 Å². The third-order valence-electron chi connectivity index (χ3n) is 3.60. The summed E-state index contributed by atoms with van der Waals surface area (Å²) in [4.78, 5) is 11.3. The van der Waals surface area contributed by atoms with E-state index < -0.39 is 29.6 Å². The van der Waals surface area contributed by atoms with Gasteiger partial charge in [0.05, 0.1) is 6.54 Å². The molecule has 0 aromatic heterocycles. The molecule has 0 saturated heterocycles. The summed E-state index contributed by atoms with van der Waals surface area (Å²) in [6, 6.07) is 0. The van der Waals surface area contributed by atoms with Crippen LogP contribution in [0.5, 0.6) is 0 Å². The van der Waals surface area contributed by atoms with Crippen molar-refractivity contribution in [3.05, 3.63) is 0 Å². The maximum absolute atomic E-state index is 14.0. The Hall–Kier alpha value is -0.140. The average Bonchev–Trinajstić information content (AvgIpc) is 2.05. The first kappa shape index (κ1) is 14.3. The number of carbonyl (C=O) groups excluding carboxylic acids is 1. The van der Waals surface area contributed by atoms with Gasteiger partial charge in [-0.15, -0.1) is 0 Å². The Bertz CT molecular complexity index is 359. The molecular formula is C12H18F2INO2. The van der Waals surface area contributed by atoms with E-state index in [-0.39, 0.29) is 3.42 Å². The molecule has 18 heavy (non-hydrogen) atoms. The predicted molar refractivity (Wildman–Crippen MR) is 72.2 cm³/mol. The summed E-state index contributed by atoms with van der Waals surface area (Å²) in [5.41, 5.74) is -1.54. The van der Waals surface area contributed by atoms with E-state index in [0.29, 0.717) is 19.3 Å². The first-order valence-corrected chi connectivity index (χ1v) is 7.09. The highest BCUT2D eigenvalue weighted by molar-refractivity contribution is 14.1. The molecule has 0 spiro atoms. The highest BCUT2D eigenvalue weighted by atomic mass is 127.